The van der Waals surface area contributed by atoms with E-state index in [1.807, 2.05) is 0 Å². The van der Waals surface area contributed by atoms with Gasteiger partial charge in [-0.1, -0.05) is 12.1 Å². The number of carbonyl (C=O) groups excluding carboxylic acids is 1. The molecule has 2 bridgehead atoms. The van der Waals surface area contributed by atoms with Gasteiger partial charge in [0.15, 0.2) is 0 Å². The van der Waals surface area contributed by atoms with Crippen molar-refractivity contribution in [2.45, 2.75) is 56.0 Å². The molecule has 5 aliphatic rings. The average Bonchev–Trinajstić information content (AvgIpc) is 3.40. The van der Waals surface area contributed by atoms with Gasteiger partial charge >= 0.3 is 0 Å². The standard InChI is InChI=1S/C23H28N2O2S/c26-22(24-21-16-3-9-25(10-4-16)23(21)7-8-23)20-14-18-2-1-17(13-19(18)28-20)15-5-11-27-12-6-15/h1-2,13-16,21H,3-12H2,(H,24,26)/t21-/m0/s1. The van der Waals surface area contributed by atoms with Gasteiger partial charge in [0.25, 0.3) is 5.91 Å². The Labute approximate surface area is 170 Å². The van der Waals surface area contributed by atoms with Crippen molar-refractivity contribution < 1.29 is 9.53 Å². The first kappa shape index (κ1) is 17.4. The molecule has 28 heavy (non-hydrogen) atoms. The summed E-state index contributed by atoms with van der Waals surface area (Å²) in [5, 5.41) is 4.67. The number of thiophene rings is 1. The fraction of sp³-hybridized carbons (Fsp3) is 0.609. The number of hydrogen-bond donors (Lipinski definition) is 1. The Bertz CT molecular complexity index is 904. The monoisotopic (exact) mass is 396 g/mol. The number of piperidine rings is 3. The lowest BCUT2D eigenvalue weighted by molar-refractivity contribution is -0.00138. The van der Waals surface area contributed by atoms with Gasteiger partial charge in [-0.05, 0) is 86.5 Å². The Kier molecular flexibility index (Phi) is 4.07. The van der Waals surface area contributed by atoms with Crippen LogP contribution in [-0.4, -0.2) is 48.7 Å². The maximum atomic E-state index is 13.1. The van der Waals surface area contributed by atoms with Gasteiger partial charge in [0.1, 0.15) is 0 Å². The molecule has 2 aromatic rings. The molecule has 1 N–H and O–H groups in total. The molecule has 1 aromatic carbocycles. The highest BCUT2D eigenvalue weighted by molar-refractivity contribution is 7.20. The molecule has 5 heterocycles. The van der Waals surface area contributed by atoms with Crippen LogP contribution in [-0.2, 0) is 4.74 Å². The van der Waals surface area contributed by atoms with Crippen molar-refractivity contribution in [1.29, 1.82) is 0 Å². The Morgan fingerprint density at radius 2 is 1.89 bits per heavy atom. The highest BCUT2D eigenvalue weighted by atomic mass is 32.1. The molecule has 4 nitrogen and oxygen atoms in total. The zero-order valence-electron chi connectivity index (χ0n) is 16.3. The van der Waals surface area contributed by atoms with Gasteiger partial charge in [-0.3, -0.25) is 9.69 Å². The lowest BCUT2D eigenvalue weighted by Gasteiger charge is -2.52. The second kappa shape index (κ2) is 6.54. The van der Waals surface area contributed by atoms with Gasteiger partial charge < -0.3 is 10.1 Å². The molecule has 4 saturated heterocycles. The number of hydrogen-bond acceptors (Lipinski definition) is 4. The van der Waals surface area contributed by atoms with E-state index >= 15 is 0 Å². The number of amides is 1. The van der Waals surface area contributed by atoms with E-state index in [-0.39, 0.29) is 5.91 Å². The SMILES string of the molecule is O=C(N[C@H]1C2CCN(CC2)C12CC2)c1cc2ccc(C3CCOCC3)cc2s1. The molecule has 1 aromatic heterocycles. The van der Waals surface area contributed by atoms with Crippen LogP contribution >= 0.6 is 11.3 Å². The van der Waals surface area contributed by atoms with Gasteiger partial charge in [-0.2, -0.15) is 0 Å². The second-order valence-electron chi connectivity index (χ2n) is 9.17. The topological polar surface area (TPSA) is 41.6 Å². The zero-order valence-corrected chi connectivity index (χ0v) is 17.1. The molecule has 148 valence electrons. The third-order valence-corrected chi connectivity index (χ3v) is 8.83. The van der Waals surface area contributed by atoms with Crippen LogP contribution in [0.5, 0.6) is 0 Å². The Hall–Kier alpha value is -1.43. The van der Waals surface area contributed by atoms with E-state index in [2.05, 4.69) is 34.5 Å². The van der Waals surface area contributed by atoms with Crippen molar-refractivity contribution >= 4 is 27.3 Å². The van der Waals surface area contributed by atoms with Crippen molar-refractivity contribution in [2.75, 3.05) is 26.3 Å². The van der Waals surface area contributed by atoms with Crippen molar-refractivity contribution in [3.8, 4) is 0 Å². The van der Waals surface area contributed by atoms with E-state index in [1.165, 1.54) is 54.4 Å². The van der Waals surface area contributed by atoms with Crippen molar-refractivity contribution in [2.24, 2.45) is 5.92 Å². The molecule has 1 saturated carbocycles. The van der Waals surface area contributed by atoms with Crippen LogP contribution in [0.2, 0.25) is 0 Å². The van der Waals surface area contributed by atoms with E-state index < -0.39 is 0 Å². The third kappa shape index (κ3) is 2.74. The average molecular weight is 397 g/mol. The smallest absolute Gasteiger partial charge is 0.261 e. The van der Waals surface area contributed by atoms with E-state index in [1.54, 1.807) is 11.3 Å². The molecular formula is C23H28N2O2S. The molecule has 4 aliphatic heterocycles. The van der Waals surface area contributed by atoms with Crippen molar-refractivity contribution in [3.05, 3.63) is 34.7 Å². The van der Waals surface area contributed by atoms with E-state index in [0.29, 0.717) is 23.4 Å². The summed E-state index contributed by atoms with van der Waals surface area (Å²) in [4.78, 5) is 16.6. The highest BCUT2D eigenvalue weighted by Gasteiger charge is 2.60. The number of nitrogens with one attached hydrogen (secondary N) is 1. The molecule has 0 radical (unpaired) electrons. The molecule has 5 heteroatoms. The van der Waals surface area contributed by atoms with Gasteiger partial charge in [0, 0.05) is 23.5 Å². The Balaban J connectivity index is 1.23. The summed E-state index contributed by atoms with van der Waals surface area (Å²) in [6.07, 6.45) is 7.21. The van der Waals surface area contributed by atoms with Crippen LogP contribution < -0.4 is 5.32 Å². The Morgan fingerprint density at radius 1 is 1.11 bits per heavy atom. The second-order valence-corrected chi connectivity index (χ2v) is 10.3. The van der Waals surface area contributed by atoms with Crippen LogP contribution in [0.3, 0.4) is 0 Å². The third-order valence-electron chi connectivity index (χ3n) is 7.73. The van der Waals surface area contributed by atoms with Gasteiger partial charge in [0.2, 0.25) is 0 Å². The maximum absolute atomic E-state index is 13.1. The first-order valence-electron chi connectivity index (χ1n) is 10.9. The molecule has 0 unspecified atom stereocenters. The number of rotatable bonds is 3. The quantitative estimate of drug-likeness (QED) is 0.847. The lowest BCUT2D eigenvalue weighted by atomic mass is 9.77. The first-order valence-corrected chi connectivity index (χ1v) is 11.7. The summed E-state index contributed by atoms with van der Waals surface area (Å²) in [7, 11) is 0. The maximum Gasteiger partial charge on any atom is 0.261 e. The summed E-state index contributed by atoms with van der Waals surface area (Å²) in [5.74, 6) is 1.41. The van der Waals surface area contributed by atoms with Crippen LogP contribution in [0.1, 0.15) is 59.7 Å². The van der Waals surface area contributed by atoms with Gasteiger partial charge in [-0.15, -0.1) is 11.3 Å². The van der Waals surface area contributed by atoms with E-state index in [0.717, 1.165) is 30.9 Å². The summed E-state index contributed by atoms with van der Waals surface area (Å²) in [6, 6.07) is 9.20. The fourth-order valence-electron chi connectivity index (χ4n) is 5.98. The molecule has 1 spiro atoms. The fourth-order valence-corrected chi connectivity index (χ4v) is 6.99. The summed E-state index contributed by atoms with van der Waals surface area (Å²) in [5.41, 5.74) is 1.70. The number of nitrogens with zero attached hydrogens (tertiary/aromatic N) is 1. The molecule has 1 atom stereocenters. The van der Waals surface area contributed by atoms with E-state index in [9.17, 15) is 4.79 Å². The van der Waals surface area contributed by atoms with Crippen molar-refractivity contribution in [1.82, 2.24) is 10.2 Å². The molecule has 1 amide bonds. The van der Waals surface area contributed by atoms with Crippen LogP contribution in [0.15, 0.2) is 24.3 Å². The van der Waals surface area contributed by atoms with Crippen molar-refractivity contribution in [3.63, 3.8) is 0 Å². The largest absolute Gasteiger partial charge is 0.381 e. The highest BCUT2D eigenvalue weighted by Crippen LogP contribution is 2.53. The van der Waals surface area contributed by atoms with Crippen LogP contribution in [0, 0.1) is 5.92 Å². The summed E-state index contributed by atoms with van der Waals surface area (Å²) >= 11 is 1.66. The van der Waals surface area contributed by atoms with Crippen LogP contribution in [0.4, 0.5) is 0 Å². The number of fused-ring (bicyclic) bond motifs is 3. The summed E-state index contributed by atoms with van der Waals surface area (Å²) in [6.45, 7) is 4.19. The van der Waals surface area contributed by atoms with E-state index in [4.69, 9.17) is 4.74 Å². The number of ether oxygens (including phenoxy) is 1. The lowest BCUT2D eigenvalue weighted by Crippen LogP contribution is -2.65. The minimum absolute atomic E-state index is 0.138. The molecule has 7 rings (SSSR count). The minimum Gasteiger partial charge on any atom is -0.381 e. The molecular weight excluding hydrogens is 368 g/mol. The number of carbonyl (C=O) groups is 1. The predicted molar refractivity (Wildman–Crippen MR) is 112 cm³/mol. The first-order chi connectivity index (χ1) is 13.7. The minimum atomic E-state index is 0.138. The van der Waals surface area contributed by atoms with Gasteiger partial charge in [0.05, 0.1) is 10.9 Å². The normalized spacial score (nSPS) is 31.4. The summed E-state index contributed by atoms with van der Waals surface area (Å²) < 4.78 is 6.75. The van der Waals surface area contributed by atoms with Crippen LogP contribution in [0.25, 0.3) is 10.1 Å². The van der Waals surface area contributed by atoms with Gasteiger partial charge in [-0.25, -0.2) is 0 Å². The Morgan fingerprint density at radius 3 is 2.64 bits per heavy atom. The molecule has 1 aliphatic carbocycles. The number of benzene rings is 1. The molecule has 5 fully saturated rings. The predicted octanol–water partition coefficient (Wildman–Crippen LogP) is 4.15. The zero-order chi connectivity index (χ0) is 18.7.